The Hall–Kier alpha value is -2.83. The molecule has 2 aromatic rings. The zero-order chi connectivity index (χ0) is 19.1. The summed E-state index contributed by atoms with van der Waals surface area (Å²) in [5.41, 5.74) is 0.828. The first-order valence-corrected chi connectivity index (χ1v) is 8.58. The minimum Gasteiger partial charge on any atom is -0.497 e. The van der Waals surface area contributed by atoms with Gasteiger partial charge in [-0.1, -0.05) is 13.3 Å². The number of hydrogen-bond donors (Lipinski definition) is 1. The third kappa shape index (κ3) is 4.84. The fraction of sp³-hybridized carbons (Fsp3) is 0.421. The summed E-state index contributed by atoms with van der Waals surface area (Å²) in [4.78, 5) is 23.4. The first kappa shape index (κ1) is 19.5. The van der Waals surface area contributed by atoms with Crippen molar-refractivity contribution in [2.75, 3.05) is 38.0 Å². The van der Waals surface area contributed by atoms with Crippen LogP contribution in [0.1, 0.15) is 36.1 Å². The lowest BCUT2D eigenvalue weighted by Gasteiger charge is -2.18. The van der Waals surface area contributed by atoms with E-state index in [4.69, 9.17) is 9.47 Å². The predicted molar refractivity (Wildman–Crippen MR) is 102 cm³/mol. The summed E-state index contributed by atoms with van der Waals surface area (Å²) in [5, 5.41) is 2.84. The van der Waals surface area contributed by atoms with Crippen LogP contribution in [0.25, 0.3) is 0 Å². The second-order valence-electron chi connectivity index (χ2n) is 5.95. The SMILES string of the molecule is CCCCN(C)c1cc(C(=O)Nc2cc(OC)ccc2OC)nc(C)n1. The fourth-order valence-corrected chi connectivity index (χ4v) is 2.47. The van der Waals surface area contributed by atoms with Crippen molar-refractivity contribution >= 4 is 17.4 Å². The molecule has 0 saturated carbocycles. The summed E-state index contributed by atoms with van der Waals surface area (Å²) in [6.07, 6.45) is 2.15. The fourth-order valence-electron chi connectivity index (χ4n) is 2.47. The lowest BCUT2D eigenvalue weighted by atomic mass is 10.2. The molecule has 1 heterocycles. The molecule has 0 aliphatic heterocycles. The standard InChI is InChI=1S/C19H26N4O3/c1-6-7-10-23(3)18-12-16(20-13(2)21-18)19(24)22-15-11-14(25-4)8-9-17(15)26-5/h8-9,11-12H,6-7,10H2,1-5H3,(H,22,24). The molecule has 0 unspecified atom stereocenters. The molecule has 1 aromatic heterocycles. The smallest absolute Gasteiger partial charge is 0.274 e. The number of hydrogen-bond acceptors (Lipinski definition) is 6. The maximum absolute atomic E-state index is 12.7. The van der Waals surface area contributed by atoms with E-state index in [9.17, 15) is 4.79 Å². The number of methoxy groups -OCH3 is 2. The van der Waals surface area contributed by atoms with Gasteiger partial charge in [0, 0.05) is 25.7 Å². The molecule has 7 nitrogen and oxygen atoms in total. The lowest BCUT2D eigenvalue weighted by Crippen LogP contribution is -2.22. The van der Waals surface area contributed by atoms with Crippen LogP contribution in [-0.4, -0.2) is 43.7 Å². The number of amides is 1. The number of aromatic nitrogens is 2. The molecule has 1 amide bonds. The van der Waals surface area contributed by atoms with E-state index in [1.165, 1.54) is 0 Å². The Labute approximate surface area is 154 Å². The first-order valence-electron chi connectivity index (χ1n) is 8.58. The Balaban J connectivity index is 2.26. The molecule has 0 fully saturated rings. The highest BCUT2D eigenvalue weighted by atomic mass is 16.5. The van der Waals surface area contributed by atoms with Gasteiger partial charge in [-0.25, -0.2) is 9.97 Å². The molecule has 26 heavy (non-hydrogen) atoms. The molecule has 0 aliphatic carbocycles. The van der Waals surface area contributed by atoms with E-state index in [0.29, 0.717) is 28.7 Å². The molecule has 0 radical (unpaired) electrons. The van der Waals surface area contributed by atoms with Gasteiger partial charge in [-0.3, -0.25) is 4.79 Å². The van der Waals surface area contributed by atoms with Crippen molar-refractivity contribution in [2.24, 2.45) is 0 Å². The van der Waals surface area contributed by atoms with E-state index < -0.39 is 0 Å². The van der Waals surface area contributed by atoms with E-state index in [0.717, 1.165) is 25.2 Å². The minimum absolute atomic E-state index is 0.306. The maximum Gasteiger partial charge on any atom is 0.274 e. The number of rotatable bonds is 8. The normalized spacial score (nSPS) is 10.3. The zero-order valence-corrected chi connectivity index (χ0v) is 16.0. The molecule has 1 N–H and O–H groups in total. The van der Waals surface area contributed by atoms with Gasteiger partial charge in [0.05, 0.1) is 19.9 Å². The second-order valence-corrected chi connectivity index (χ2v) is 5.95. The summed E-state index contributed by atoms with van der Waals surface area (Å²) in [6.45, 7) is 4.79. The quantitative estimate of drug-likeness (QED) is 0.780. The van der Waals surface area contributed by atoms with Crippen LogP contribution < -0.4 is 19.7 Å². The largest absolute Gasteiger partial charge is 0.497 e. The van der Waals surface area contributed by atoms with Gasteiger partial charge in [-0.15, -0.1) is 0 Å². The maximum atomic E-state index is 12.7. The van der Waals surface area contributed by atoms with Crippen LogP contribution in [0, 0.1) is 6.92 Å². The Kier molecular flexibility index (Phi) is 6.77. The highest BCUT2D eigenvalue weighted by Gasteiger charge is 2.15. The lowest BCUT2D eigenvalue weighted by molar-refractivity contribution is 0.102. The summed E-state index contributed by atoms with van der Waals surface area (Å²) in [5.74, 6) is 2.12. The zero-order valence-electron chi connectivity index (χ0n) is 16.0. The van der Waals surface area contributed by atoms with Crippen molar-refractivity contribution < 1.29 is 14.3 Å². The van der Waals surface area contributed by atoms with Crippen molar-refractivity contribution in [3.8, 4) is 11.5 Å². The van der Waals surface area contributed by atoms with Gasteiger partial charge in [0.15, 0.2) is 0 Å². The number of anilines is 2. The number of carbonyl (C=O) groups is 1. The second kappa shape index (κ2) is 9.03. The van der Waals surface area contributed by atoms with Gasteiger partial charge < -0.3 is 19.7 Å². The molecule has 0 atom stereocenters. The molecule has 0 bridgehead atoms. The first-order chi connectivity index (χ1) is 12.5. The predicted octanol–water partition coefficient (Wildman–Crippen LogP) is 3.29. The van der Waals surface area contributed by atoms with Crippen LogP contribution in [0.4, 0.5) is 11.5 Å². The molecule has 2 rings (SSSR count). The van der Waals surface area contributed by atoms with Crippen LogP contribution >= 0.6 is 0 Å². The van der Waals surface area contributed by atoms with E-state index in [1.807, 2.05) is 11.9 Å². The Bertz CT molecular complexity index is 764. The number of nitrogens with one attached hydrogen (secondary N) is 1. The van der Waals surface area contributed by atoms with Crippen LogP contribution in [0.2, 0.25) is 0 Å². The molecule has 0 aliphatic rings. The Morgan fingerprint density at radius 1 is 1.19 bits per heavy atom. The Morgan fingerprint density at radius 2 is 1.96 bits per heavy atom. The number of nitrogens with zero attached hydrogens (tertiary/aromatic N) is 3. The highest BCUT2D eigenvalue weighted by molar-refractivity contribution is 6.04. The van der Waals surface area contributed by atoms with Crippen molar-refractivity contribution in [1.82, 2.24) is 9.97 Å². The minimum atomic E-state index is -0.327. The average molecular weight is 358 g/mol. The third-order valence-corrected chi connectivity index (χ3v) is 3.95. The number of unbranched alkanes of at least 4 members (excludes halogenated alkanes) is 1. The van der Waals surface area contributed by atoms with Gasteiger partial charge in [0.25, 0.3) is 5.91 Å². The van der Waals surface area contributed by atoms with Gasteiger partial charge in [-0.2, -0.15) is 0 Å². The summed E-state index contributed by atoms with van der Waals surface area (Å²) >= 11 is 0. The summed E-state index contributed by atoms with van der Waals surface area (Å²) in [6, 6.07) is 6.91. The van der Waals surface area contributed by atoms with Crippen molar-refractivity contribution in [1.29, 1.82) is 0 Å². The average Bonchev–Trinajstić information content (AvgIpc) is 2.65. The van der Waals surface area contributed by atoms with Crippen molar-refractivity contribution in [3.63, 3.8) is 0 Å². The van der Waals surface area contributed by atoms with E-state index in [-0.39, 0.29) is 5.91 Å². The topological polar surface area (TPSA) is 76.6 Å². The molecule has 0 spiro atoms. The van der Waals surface area contributed by atoms with Crippen LogP contribution in [-0.2, 0) is 0 Å². The number of ether oxygens (including phenoxy) is 2. The molecule has 7 heteroatoms. The van der Waals surface area contributed by atoms with Gasteiger partial charge in [-0.05, 0) is 25.5 Å². The van der Waals surface area contributed by atoms with Crippen LogP contribution in [0.3, 0.4) is 0 Å². The van der Waals surface area contributed by atoms with Crippen molar-refractivity contribution in [3.05, 3.63) is 35.8 Å². The van der Waals surface area contributed by atoms with E-state index in [1.54, 1.807) is 45.4 Å². The van der Waals surface area contributed by atoms with Crippen LogP contribution in [0.15, 0.2) is 24.3 Å². The van der Waals surface area contributed by atoms with Gasteiger partial charge >= 0.3 is 0 Å². The number of aryl methyl sites for hydroxylation is 1. The number of benzene rings is 1. The van der Waals surface area contributed by atoms with Gasteiger partial charge in [0.2, 0.25) is 0 Å². The highest BCUT2D eigenvalue weighted by Crippen LogP contribution is 2.29. The van der Waals surface area contributed by atoms with E-state index >= 15 is 0 Å². The molecule has 0 saturated heterocycles. The van der Waals surface area contributed by atoms with Crippen LogP contribution in [0.5, 0.6) is 11.5 Å². The third-order valence-electron chi connectivity index (χ3n) is 3.95. The van der Waals surface area contributed by atoms with Gasteiger partial charge in [0.1, 0.15) is 28.8 Å². The molecular formula is C19H26N4O3. The molecule has 140 valence electrons. The van der Waals surface area contributed by atoms with E-state index in [2.05, 4.69) is 22.2 Å². The summed E-state index contributed by atoms with van der Waals surface area (Å²) in [7, 11) is 5.08. The number of carbonyl (C=O) groups excluding carboxylic acids is 1. The summed E-state index contributed by atoms with van der Waals surface area (Å²) < 4.78 is 10.5. The van der Waals surface area contributed by atoms with Crippen molar-refractivity contribution in [2.45, 2.75) is 26.7 Å². The monoisotopic (exact) mass is 358 g/mol. The Morgan fingerprint density at radius 3 is 2.62 bits per heavy atom. The molecular weight excluding hydrogens is 332 g/mol. The molecule has 1 aromatic carbocycles.